The number of hydrogen-bond donors (Lipinski definition) is 3. The average Bonchev–Trinajstić information content (AvgIpc) is 2.33. The lowest BCUT2D eigenvalue weighted by atomic mass is 10.1. The zero-order valence-electron chi connectivity index (χ0n) is 10.9. The molecule has 2 heterocycles. The molecule has 2 fully saturated rings. The van der Waals surface area contributed by atoms with Crippen molar-refractivity contribution in [2.75, 3.05) is 46.3 Å². The second-order valence-corrected chi connectivity index (χ2v) is 5.88. The van der Waals surface area contributed by atoms with E-state index in [1.165, 1.54) is 71.4 Å². The molecule has 0 amide bonds. The van der Waals surface area contributed by atoms with E-state index in [1.54, 1.807) is 4.90 Å². The third-order valence-electron chi connectivity index (χ3n) is 4.44. The predicted molar refractivity (Wildman–Crippen MR) is 65.8 cm³/mol. The Labute approximate surface area is 100 Å². The molecule has 4 N–H and O–H groups in total. The van der Waals surface area contributed by atoms with Gasteiger partial charge in [-0.1, -0.05) is 0 Å². The third-order valence-corrected chi connectivity index (χ3v) is 4.44. The maximum Gasteiger partial charge on any atom is 0.127 e. The van der Waals surface area contributed by atoms with Gasteiger partial charge < -0.3 is 15.1 Å². The van der Waals surface area contributed by atoms with Crippen LogP contribution in [-0.4, -0.2) is 52.4 Å². The summed E-state index contributed by atoms with van der Waals surface area (Å²) in [4.78, 5) is 3.59. The van der Waals surface area contributed by atoms with E-state index in [1.807, 2.05) is 4.90 Å². The second-order valence-electron chi connectivity index (χ2n) is 5.88. The minimum atomic E-state index is 0.938. The van der Waals surface area contributed by atoms with Crippen LogP contribution in [0.4, 0.5) is 0 Å². The fourth-order valence-electron chi connectivity index (χ4n) is 3.19. The molecule has 0 bridgehead atoms. The summed E-state index contributed by atoms with van der Waals surface area (Å²) < 4.78 is 0. The first-order chi connectivity index (χ1) is 7.84. The van der Waals surface area contributed by atoms with E-state index in [2.05, 4.69) is 12.4 Å². The van der Waals surface area contributed by atoms with Crippen LogP contribution in [0.2, 0.25) is 0 Å². The zero-order chi connectivity index (χ0) is 11.2. The van der Waals surface area contributed by atoms with Gasteiger partial charge in [0.2, 0.25) is 0 Å². The molecule has 16 heavy (non-hydrogen) atoms. The number of hydrogen-bond acceptors (Lipinski definition) is 0. The quantitative estimate of drug-likeness (QED) is 0.467. The van der Waals surface area contributed by atoms with Crippen LogP contribution in [0.5, 0.6) is 0 Å². The van der Waals surface area contributed by atoms with Crippen LogP contribution < -0.4 is 15.1 Å². The summed E-state index contributed by atoms with van der Waals surface area (Å²) in [6, 6.07) is 0.938. The monoisotopic (exact) mass is 228 g/mol. The van der Waals surface area contributed by atoms with Crippen molar-refractivity contribution in [3.63, 3.8) is 0 Å². The normalized spacial score (nSPS) is 32.8. The van der Waals surface area contributed by atoms with Crippen molar-refractivity contribution in [3.8, 4) is 0 Å². The summed E-state index contributed by atoms with van der Waals surface area (Å²) in [5, 5.41) is 2.63. The number of likely N-dealkylation sites (tertiary alicyclic amines) is 2. The molecule has 0 aromatic rings. The van der Waals surface area contributed by atoms with E-state index in [9.17, 15) is 0 Å². The summed E-state index contributed by atoms with van der Waals surface area (Å²) in [6.45, 7) is 8.41. The molecule has 2 aliphatic heterocycles. The van der Waals surface area contributed by atoms with Crippen molar-refractivity contribution in [1.29, 1.82) is 0 Å². The van der Waals surface area contributed by atoms with E-state index in [4.69, 9.17) is 0 Å². The summed E-state index contributed by atoms with van der Waals surface area (Å²) in [5.74, 6) is 0. The molecular weight excluding hydrogens is 198 g/mol. The number of quaternary nitrogens is 3. The first kappa shape index (κ1) is 12.3. The highest BCUT2D eigenvalue weighted by Gasteiger charge is 2.22. The van der Waals surface area contributed by atoms with Gasteiger partial charge in [-0.15, -0.1) is 0 Å². The molecule has 0 unspecified atom stereocenters. The van der Waals surface area contributed by atoms with Crippen molar-refractivity contribution in [2.24, 2.45) is 0 Å². The molecule has 0 saturated carbocycles. The van der Waals surface area contributed by atoms with Gasteiger partial charge in [-0.2, -0.15) is 0 Å². The zero-order valence-corrected chi connectivity index (χ0v) is 10.9. The smallest absolute Gasteiger partial charge is 0.127 e. The van der Waals surface area contributed by atoms with Gasteiger partial charge in [0.15, 0.2) is 0 Å². The van der Waals surface area contributed by atoms with Gasteiger partial charge in [0.25, 0.3) is 0 Å². The average molecular weight is 228 g/mol. The highest BCUT2D eigenvalue weighted by atomic mass is 15.2. The number of nitrogens with one attached hydrogen (secondary N) is 2. The Morgan fingerprint density at radius 1 is 1.00 bits per heavy atom. The van der Waals surface area contributed by atoms with Crippen LogP contribution in [0.1, 0.15) is 32.1 Å². The molecule has 3 heteroatoms. The van der Waals surface area contributed by atoms with Crippen molar-refractivity contribution in [2.45, 2.75) is 38.1 Å². The Morgan fingerprint density at radius 3 is 2.38 bits per heavy atom. The van der Waals surface area contributed by atoms with Crippen LogP contribution in [0.25, 0.3) is 0 Å². The van der Waals surface area contributed by atoms with E-state index in [0.717, 1.165) is 6.04 Å². The number of rotatable bonds is 4. The van der Waals surface area contributed by atoms with Crippen LogP contribution >= 0.6 is 0 Å². The Kier molecular flexibility index (Phi) is 5.07. The van der Waals surface area contributed by atoms with E-state index >= 15 is 0 Å². The number of nitrogens with two attached hydrogens (primary N) is 1. The van der Waals surface area contributed by atoms with Crippen LogP contribution in [-0.2, 0) is 0 Å². The summed E-state index contributed by atoms with van der Waals surface area (Å²) in [7, 11) is 2.33. The standard InChI is InChI=1S/C13H27N3/c1-15-10-5-13(6-11-15)14-7-12-16-8-3-2-4-9-16/h13-14H,2-12H2,1H3/p+3. The molecule has 2 aliphatic rings. The molecular formula is C13H30N3+3. The maximum absolute atomic E-state index is 2.63. The van der Waals surface area contributed by atoms with E-state index in [-0.39, 0.29) is 0 Å². The fourth-order valence-corrected chi connectivity index (χ4v) is 3.19. The van der Waals surface area contributed by atoms with Crippen molar-refractivity contribution in [3.05, 3.63) is 0 Å². The summed E-state index contributed by atoms with van der Waals surface area (Å²) in [6.07, 6.45) is 7.27. The first-order valence-corrected chi connectivity index (χ1v) is 7.33. The third kappa shape index (κ3) is 4.04. The Bertz CT molecular complexity index is 182. The van der Waals surface area contributed by atoms with Crippen molar-refractivity contribution in [1.82, 2.24) is 0 Å². The fraction of sp³-hybridized carbons (Fsp3) is 1.00. The number of piperidine rings is 2. The summed E-state index contributed by atoms with van der Waals surface area (Å²) >= 11 is 0. The predicted octanol–water partition coefficient (Wildman–Crippen LogP) is -2.70. The Morgan fingerprint density at radius 2 is 1.69 bits per heavy atom. The molecule has 0 aromatic heterocycles. The molecule has 0 radical (unpaired) electrons. The summed E-state index contributed by atoms with van der Waals surface area (Å²) in [5.41, 5.74) is 0. The van der Waals surface area contributed by atoms with E-state index < -0.39 is 0 Å². The van der Waals surface area contributed by atoms with Gasteiger partial charge in [-0.3, -0.25) is 0 Å². The van der Waals surface area contributed by atoms with Crippen LogP contribution in [0.15, 0.2) is 0 Å². The first-order valence-electron chi connectivity index (χ1n) is 7.33. The largest absolute Gasteiger partial charge is 0.339 e. The van der Waals surface area contributed by atoms with Gasteiger partial charge in [-0.05, 0) is 19.3 Å². The molecule has 2 saturated heterocycles. The van der Waals surface area contributed by atoms with E-state index in [0.29, 0.717) is 0 Å². The SMILES string of the molecule is C[NH+]1CCC([NH2+]CC[NH+]2CCCCC2)CC1. The molecule has 0 aromatic carbocycles. The molecule has 3 nitrogen and oxygen atoms in total. The maximum atomic E-state index is 2.63. The van der Waals surface area contributed by atoms with Gasteiger partial charge >= 0.3 is 0 Å². The Balaban J connectivity index is 1.53. The lowest BCUT2D eigenvalue weighted by molar-refractivity contribution is -0.922. The highest BCUT2D eigenvalue weighted by molar-refractivity contribution is 4.56. The van der Waals surface area contributed by atoms with Crippen LogP contribution in [0, 0.1) is 0 Å². The van der Waals surface area contributed by atoms with Gasteiger partial charge in [0.1, 0.15) is 13.1 Å². The lowest BCUT2D eigenvalue weighted by Gasteiger charge is -2.26. The molecule has 2 rings (SSSR count). The van der Waals surface area contributed by atoms with Crippen molar-refractivity contribution >= 4 is 0 Å². The minimum Gasteiger partial charge on any atom is -0.339 e. The second kappa shape index (κ2) is 6.58. The minimum absolute atomic E-state index is 0.938. The topological polar surface area (TPSA) is 25.5 Å². The van der Waals surface area contributed by atoms with Gasteiger partial charge in [0, 0.05) is 12.8 Å². The molecule has 0 atom stereocenters. The van der Waals surface area contributed by atoms with Crippen LogP contribution in [0.3, 0.4) is 0 Å². The molecule has 0 spiro atoms. The Hall–Kier alpha value is -0.120. The highest BCUT2D eigenvalue weighted by Crippen LogP contribution is 1.94. The molecule has 0 aliphatic carbocycles. The lowest BCUT2D eigenvalue weighted by Crippen LogP contribution is -3.16. The van der Waals surface area contributed by atoms with Gasteiger partial charge in [0.05, 0.1) is 39.3 Å². The molecule has 94 valence electrons. The van der Waals surface area contributed by atoms with Gasteiger partial charge in [-0.25, -0.2) is 0 Å². The van der Waals surface area contributed by atoms with Crippen molar-refractivity contribution < 1.29 is 15.1 Å².